The van der Waals surface area contributed by atoms with E-state index in [1.54, 1.807) is 7.11 Å². The summed E-state index contributed by atoms with van der Waals surface area (Å²) in [5.74, 6) is 1.09. The fourth-order valence-electron chi connectivity index (χ4n) is 4.62. The van der Waals surface area contributed by atoms with Crippen molar-refractivity contribution >= 4 is 23.1 Å². The smallest absolute Gasteiger partial charge is 0.211 e. The molecule has 7 heteroatoms. The van der Waals surface area contributed by atoms with E-state index in [1.807, 2.05) is 6.07 Å². The molecular weight excluding hydrogens is 428 g/mol. The number of imidazole rings is 1. The first kappa shape index (κ1) is 24.4. The van der Waals surface area contributed by atoms with E-state index in [2.05, 4.69) is 58.1 Å². The topological polar surface area (TPSA) is 68.6 Å². The maximum atomic E-state index is 11.3. The van der Waals surface area contributed by atoms with Crippen LogP contribution in [0.2, 0.25) is 0 Å². The van der Waals surface area contributed by atoms with Gasteiger partial charge in [-0.15, -0.1) is 0 Å². The molecule has 7 nitrogen and oxygen atoms in total. The highest BCUT2D eigenvalue weighted by Crippen LogP contribution is 2.29. The largest absolute Gasteiger partial charge is 0.382 e. The van der Waals surface area contributed by atoms with Crippen molar-refractivity contribution in [3.05, 3.63) is 59.4 Å². The minimum absolute atomic E-state index is 0.139. The summed E-state index contributed by atoms with van der Waals surface area (Å²) < 4.78 is 13.4. The molecule has 0 bridgehead atoms. The number of rotatable bonds is 12. The lowest BCUT2D eigenvalue weighted by Gasteiger charge is -2.27. The Bertz CT molecular complexity index is 1060. The molecule has 1 saturated heterocycles. The van der Waals surface area contributed by atoms with E-state index in [9.17, 15) is 4.79 Å². The summed E-state index contributed by atoms with van der Waals surface area (Å²) in [7, 11) is 1.73. The van der Waals surface area contributed by atoms with Crippen LogP contribution in [0.1, 0.15) is 30.3 Å². The Morgan fingerprint density at radius 2 is 1.88 bits per heavy atom. The molecule has 4 rings (SSSR count). The van der Waals surface area contributed by atoms with Crippen molar-refractivity contribution in [2.45, 2.75) is 45.3 Å². The number of nitrogens with one attached hydrogen (secondary N) is 1. The zero-order valence-corrected chi connectivity index (χ0v) is 20.3. The van der Waals surface area contributed by atoms with E-state index in [4.69, 9.17) is 14.5 Å². The van der Waals surface area contributed by atoms with Crippen molar-refractivity contribution in [3.63, 3.8) is 0 Å². The lowest BCUT2D eigenvalue weighted by atomic mass is 10.0. The number of amides is 1. The van der Waals surface area contributed by atoms with Crippen LogP contribution in [0.4, 0.5) is 5.69 Å². The third-order valence-electron chi connectivity index (χ3n) is 6.75. The van der Waals surface area contributed by atoms with Crippen LogP contribution in [0.3, 0.4) is 0 Å². The van der Waals surface area contributed by atoms with E-state index in [1.165, 1.54) is 5.56 Å². The van der Waals surface area contributed by atoms with Gasteiger partial charge in [-0.3, -0.25) is 9.69 Å². The van der Waals surface area contributed by atoms with Gasteiger partial charge in [0.2, 0.25) is 6.41 Å². The van der Waals surface area contributed by atoms with E-state index in [-0.39, 0.29) is 6.10 Å². The van der Waals surface area contributed by atoms with Crippen LogP contribution >= 0.6 is 0 Å². The van der Waals surface area contributed by atoms with E-state index in [0.717, 1.165) is 99.6 Å². The molecular formula is C27H36N4O3. The van der Waals surface area contributed by atoms with Gasteiger partial charge in [0, 0.05) is 51.0 Å². The molecule has 1 N–H and O–H groups in total. The molecule has 34 heavy (non-hydrogen) atoms. The number of aromatic nitrogens is 2. The first-order valence-electron chi connectivity index (χ1n) is 12.3. The monoisotopic (exact) mass is 464 g/mol. The molecule has 0 radical (unpaired) electrons. The molecule has 182 valence electrons. The van der Waals surface area contributed by atoms with Gasteiger partial charge < -0.3 is 19.4 Å². The highest BCUT2D eigenvalue weighted by molar-refractivity contribution is 5.88. The highest BCUT2D eigenvalue weighted by Gasteiger charge is 2.19. The molecule has 3 aromatic rings. The number of aryl methyl sites for hydroxylation is 3. The zero-order chi connectivity index (χ0) is 23.8. The van der Waals surface area contributed by atoms with Gasteiger partial charge in [0.05, 0.1) is 30.4 Å². The molecule has 0 saturated carbocycles. The summed E-state index contributed by atoms with van der Waals surface area (Å²) >= 11 is 0. The first-order valence-corrected chi connectivity index (χ1v) is 12.3. The fourth-order valence-corrected chi connectivity index (χ4v) is 4.62. The molecule has 2 heterocycles. The van der Waals surface area contributed by atoms with Gasteiger partial charge in [0.1, 0.15) is 5.82 Å². The summed E-state index contributed by atoms with van der Waals surface area (Å²) in [5, 5.41) is 2.89. The first-order chi connectivity index (χ1) is 16.7. The second-order valence-electron chi connectivity index (χ2n) is 8.93. The quantitative estimate of drug-likeness (QED) is 0.414. The van der Waals surface area contributed by atoms with Crippen molar-refractivity contribution in [1.29, 1.82) is 0 Å². The van der Waals surface area contributed by atoms with Gasteiger partial charge in [-0.25, -0.2) is 4.98 Å². The predicted octanol–water partition coefficient (Wildman–Crippen LogP) is 3.69. The normalized spacial score (nSPS) is 15.5. The summed E-state index contributed by atoms with van der Waals surface area (Å²) in [4.78, 5) is 18.9. The molecule has 1 amide bonds. The summed E-state index contributed by atoms with van der Waals surface area (Å²) in [6.07, 6.45) is 4.35. The van der Waals surface area contributed by atoms with Gasteiger partial charge in [-0.1, -0.05) is 30.3 Å². The molecule has 1 unspecified atom stereocenters. The fraction of sp³-hybridized carbons (Fsp3) is 0.481. The summed E-state index contributed by atoms with van der Waals surface area (Å²) in [5.41, 5.74) is 5.34. The average Bonchev–Trinajstić information content (AvgIpc) is 3.24. The zero-order valence-electron chi connectivity index (χ0n) is 20.3. The van der Waals surface area contributed by atoms with Gasteiger partial charge in [0.25, 0.3) is 0 Å². The minimum Gasteiger partial charge on any atom is -0.382 e. The van der Waals surface area contributed by atoms with Crippen molar-refractivity contribution < 1.29 is 14.3 Å². The second-order valence-corrected chi connectivity index (χ2v) is 8.93. The van der Waals surface area contributed by atoms with Gasteiger partial charge in [-0.2, -0.15) is 0 Å². The number of methoxy groups -OCH3 is 1. The van der Waals surface area contributed by atoms with Crippen molar-refractivity contribution in [1.82, 2.24) is 14.5 Å². The molecule has 1 atom stereocenters. The van der Waals surface area contributed by atoms with Crippen LogP contribution in [-0.2, 0) is 40.1 Å². The number of morpholine rings is 1. The number of anilines is 1. The Morgan fingerprint density at radius 3 is 2.62 bits per heavy atom. The van der Waals surface area contributed by atoms with E-state index in [0.29, 0.717) is 0 Å². The number of carbonyl (C=O) groups excluding carboxylic acids is 1. The van der Waals surface area contributed by atoms with Gasteiger partial charge >= 0.3 is 0 Å². The maximum absolute atomic E-state index is 11.3. The molecule has 1 fully saturated rings. The number of benzene rings is 2. The number of hydrogen-bond acceptors (Lipinski definition) is 5. The maximum Gasteiger partial charge on any atom is 0.211 e. The molecule has 2 aromatic carbocycles. The summed E-state index contributed by atoms with van der Waals surface area (Å²) in [6, 6.07) is 14.7. The van der Waals surface area contributed by atoms with Crippen LogP contribution in [0.5, 0.6) is 0 Å². The van der Waals surface area contributed by atoms with Crippen LogP contribution in [0, 0.1) is 0 Å². The van der Waals surface area contributed by atoms with Crippen molar-refractivity contribution in [2.75, 3.05) is 45.3 Å². The van der Waals surface area contributed by atoms with Crippen molar-refractivity contribution in [3.8, 4) is 0 Å². The van der Waals surface area contributed by atoms with Crippen molar-refractivity contribution in [2.24, 2.45) is 0 Å². The molecule has 0 spiro atoms. The van der Waals surface area contributed by atoms with Crippen LogP contribution in [0.25, 0.3) is 11.0 Å². The Kier molecular flexibility index (Phi) is 8.68. The third-order valence-corrected chi connectivity index (χ3v) is 6.75. The van der Waals surface area contributed by atoms with E-state index < -0.39 is 0 Å². The lowest BCUT2D eigenvalue weighted by Crippen LogP contribution is -2.38. The number of nitrogens with zero attached hydrogens (tertiary/aromatic N) is 3. The predicted molar refractivity (Wildman–Crippen MR) is 135 cm³/mol. The van der Waals surface area contributed by atoms with Crippen LogP contribution in [-0.4, -0.2) is 66.9 Å². The SMILES string of the molecule is COC(C)CCc1c(NC=O)ccc2c1nc(CCc1ccccc1)n2CCN1CCOCC1. The molecule has 0 aliphatic carbocycles. The average molecular weight is 465 g/mol. The number of carbonyl (C=O) groups is 1. The number of hydrogen-bond donors (Lipinski definition) is 1. The molecule has 1 aliphatic rings. The second kappa shape index (κ2) is 12.1. The van der Waals surface area contributed by atoms with Crippen LogP contribution in [0.15, 0.2) is 42.5 Å². The van der Waals surface area contributed by atoms with E-state index >= 15 is 0 Å². The molecule has 1 aliphatic heterocycles. The Balaban J connectivity index is 1.67. The molecule has 1 aromatic heterocycles. The highest BCUT2D eigenvalue weighted by atomic mass is 16.5. The Hall–Kier alpha value is -2.74. The number of fused-ring (bicyclic) bond motifs is 1. The summed E-state index contributed by atoms with van der Waals surface area (Å²) in [6.45, 7) is 7.47. The van der Waals surface area contributed by atoms with Gasteiger partial charge in [-0.05, 0) is 43.9 Å². The Morgan fingerprint density at radius 1 is 1.09 bits per heavy atom. The lowest BCUT2D eigenvalue weighted by molar-refractivity contribution is -0.105. The minimum atomic E-state index is 0.139. The number of ether oxygens (including phenoxy) is 2. The van der Waals surface area contributed by atoms with Gasteiger partial charge in [0.15, 0.2) is 0 Å². The standard InChI is InChI=1S/C27H36N4O3/c1-21(33-2)8-10-23-24(28-20-32)11-12-25-27(23)29-26(13-9-22-6-4-3-5-7-22)31(25)15-14-30-16-18-34-19-17-30/h3-7,11-12,20-21H,8-10,13-19H2,1-2H3,(H,28,32). The van der Waals surface area contributed by atoms with Crippen LogP contribution < -0.4 is 5.32 Å². The Labute approximate surface area is 202 Å². The third kappa shape index (κ3) is 6.03.